The van der Waals surface area contributed by atoms with Crippen molar-refractivity contribution in [1.82, 2.24) is 34.9 Å². The van der Waals surface area contributed by atoms with Crippen LogP contribution in [0.5, 0.6) is 0 Å². The number of aromatic nitrogens is 7. The molecular weight excluding hydrogens is 1640 g/mol. The highest BCUT2D eigenvalue weighted by molar-refractivity contribution is 6.27. The zero-order valence-corrected chi connectivity index (χ0v) is 75.6. The first-order valence-electron chi connectivity index (χ1n) is 46.6. The van der Waals surface area contributed by atoms with E-state index in [9.17, 15) is 0 Å². The predicted molar refractivity (Wildman–Crippen MR) is 563 cm³/mol. The Bertz CT molecular complexity index is 8200. The van der Waals surface area contributed by atoms with Crippen LogP contribution in [0.2, 0.25) is 0 Å². The van der Waals surface area contributed by atoms with E-state index in [2.05, 4.69) is 454 Å². The monoisotopic (exact) mass is 1720 g/mol. The number of hydrogen-bond acceptors (Lipinski definition) is 7. The Morgan fingerprint density at radius 1 is 0.170 bits per heavy atom. The molecule has 0 fully saturated rings. The van der Waals surface area contributed by atoms with Crippen LogP contribution in [0.4, 0.5) is 0 Å². The normalized spacial score (nSPS) is 13.3. The highest BCUT2D eigenvalue weighted by Crippen LogP contribution is 2.60. The number of hydrogen-bond donors (Lipinski definition) is 0. The van der Waals surface area contributed by atoms with Gasteiger partial charge in [-0.2, -0.15) is 0 Å². The van der Waals surface area contributed by atoms with Crippen LogP contribution in [0.15, 0.2) is 432 Å². The van der Waals surface area contributed by atoms with Gasteiger partial charge in [-0.25, -0.2) is 34.9 Å². The van der Waals surface area contributed by atoms with Crippen molar-refractivity contribution >= 4 is 97.0 Å². The fraction of sp³-hybridized carbons (Fsp3) is 0.0703. The van der Waals surface area contributed by atoms with Gasteiger partial charge in [-0.1, -0.05) is 387 Å². The van der Waals surface area contributed by atoms with Crippen molar-refractivity contribution in [2.45, 2.75) is 57.8 Å². The second-order valence-electron chi connectivity index (χ2n) is 37.7. The lowest BCUT2D eigenvalue weighted by molar-refractivity contribution is 0.660. The van der Waals surface area contributed by atoms with Crippen LogP contribution in [-0.2, 0) is 16.2 Å². The second-order valence-corrected chi connectivity index (χ2v) is 37.7. The van der Waals surface area contributed by atoms with Gasteiger partial charge in [-0.15, -0.1) is 0 Å². The van der Waals surface area contributed by atoms with Gasteiger partial charge >= 0.3 is 0 Å². The van der Waals surface area contributed by atoms with Gasteiger partial charge in [0.15, 0.2) is 5.82 Å². The van der Waals surface area contributed by atoms with Crippen molar-refractivity contribution in [1.29, 1.82) is 0 Å². The molecule has 135 heavy (non-hydrogen) atoms. The third-order valence-electron chi connectivity index (χ3n) is 29.4. The van der Waals surface area contributed by atoms with Crippen molar-refractivity contribution in [2.24, 2.45) is 0 Å². The van der Waals surface area contributed by atoms with Crippen LogP contribution in [0.1, 0.15) is 74.9 Å². The molecule has 3 heterocycles. The minimum atomic E-state index is -0.0887. The topological polar surface area (TPSA) is 90.2 Å². The molecule has 0 saturated carbocycles. The molecule has 0 radical (unpaired) electrons. The molecule has 27 rings (SSSR count). The van der Waals surface area contributed by atoms with Gasteiger partial charge in [0.25, 0.3) is 0 Å². The van der Waals surface area contributed by atoms with Crippen molar-refractivity contribution in [3.05, 3.63) is 466 Å². The van der Waals surface area contributed by atoms with Crippen molar-refractivity contribution < 1.29 is 0 Å². The van der Waals surface area contributed by atoms with Gasteiger partial charge < -0.3 is 0 Å². The van der Waals surface area contributed by atoms with E-state index >= 15 is 0 Å². The van der Waals surface area contributed by atoms with Crippen LogP contribution in [0, 0.1) is 0 Å². The number of benzene rings is 21. The molecule has 0 N–H and O–H groups in total. The molecule has 0 atom stereocenters. The molecule has 7 heteroatoms. The Kier molecular flexibility index (Phi) is 18.9. The van der Waals surface area contributed by atoms with Gasteiger partial charge in [-0.3, -0.25) is 0 Å². The fourth-order valence-corrected chi connectivity index (χ4v) is 23.0. The zero-order valence-electron chi connectivity index (χ0n) is 75.6. The van der Waals surface area contributed by atoms with Gasteiger partial charge in [0.2, 0.25) is 0 Å². The van der Waals surface area contributed by atoms with Crippen LogP contribution < -0.4 is 0 Å². The summed E-state index contributed by atoms with van der Waals surface area (Å²) in [4.78, 5) is 31.3. The SMILES string of the molecule is CC1(C)c2ccccc2-c2c(-c3c4ccccc4c(-c4ccncn4)c4ccc(-c5ccc6ccccc6c5)cc34)cccc21.CC1(C)c2ccccc2-c2c(-c3c4ccccc4c(-c4cncnc4)c4ccc(-c5ccc6ccccc6c5)cc34)cccc21.CC1(C)c2ccccc2-c2c(-c3c4ccccc4c(-c4ncncn4)c4ccc(-c5ccc6ccccc6c5)cc34)cccc21. The third kappa shape index (κ3) is 13.0. The Labute approximate surface area is 783 Å². The Balaban J connectivity index is 0.000000108. The standard InChI is InChI=1S/2C43H30N2.C42H29N3/c1-43(2)38-16-8-7-14-35(38)42-36(15-9-17-39(42)43)41-33-13-6-5-12-32(33)40(31-24-44-26-45-25-31)34-21-20-30(23-37(34)41)29-19-18-27-10-3-4-11-28(27)22-29;1-43(2)37-16-8-7-14-34(37)41-35(15-9-17-38(41)43)40-31-12-5-6-13-32(31)42(39-22-23-44-26-45-39)33-21-20-30(25-36(33)40)29-19-18-27-10-3-4-11-28(27)24-29;1-42(2)36-16-8-7-14-33(36)39-34(15-9-17-37(39)42)38-30-12-5-6-13-31(30)40(41-44-24-43-25-45-41)32-21-20-29(23-35(32)38)28-19-18-26-10-3-4-11-27(26)22-28/h2*3-26H,1-2H3;3-25H,1-2H3. The maximum Gasteiger partial charge on any atom is 0.163 e. The summed E-state index contributed by atoms with van der Waals surface area (Å²) in [6, 6.07) is 143. The van der Waals surface area contributed by atoms with E-state index in [0.29, 0.717) is 5.82 Å². The molecular formula is C128H89N7. The van der Waals surface area contributed by atoms with Gasteiger partial charge in [0.1, 0.15) is 25.3 Å². The van der Waals surface area contributed by atoms with Gasteiger partial charge in [0, 0.05) is 57.1 Å². The molecule has 3 aromatic heterocycles. The Morgan fingerprint density at radius 3 is 0.844 bits per heavy atom. The number of nitrogens with zero attached hydrogens (tertiary/aromatic N) is 7. The molecule has 636 valence electrons. The Hall–Kier alpha value is -16.9. The highest BCUT2D eigenvalue weighted by atomic mass is 15.0. The third-order valence-corrected chi connectivity index (χ3v) is 29.4. The summed E-state index contributed by atoms with van der Waals surface area (Å²) in [5, 5.41) is 21.8. The first kappa shape index (κ1) is 80.2. The summed E-state index contributed by atoms with van der Waals surface area (Å²) in [5.41, 5.74) is 36.1. The molecule has 3 aliphatic carbocycles. The average molecular weight is 1730 g/mol. The van der Waals surface area contributed by atoms with Crippen molar-refractivity contribution in [3.8, 4) is 134 Å². The molecule has 3 aliphatic rings. The van der Waals surface area contributed by atoms with E-state index in [0.717, 1.165) is 33.2 Å². The summed E-state index contributed by atoms with van der Waals surface area (Å²) in [6.07, 6.45) is 12.1. The number of rotatable bonds is 9. The largest absolute Gasteiger partial charge is 0.245 e. The van der Waals surface area contributed by atoms with E-state index in [1.165, 1.54) is 225 Å². The molecule has 21 aromatic carbocycles. The minimum absolute atomic E-state index is 0.0783. The molecule has 0 saturated heterocycles. The van der Waals surface area contributed by atoms with E-state index in [4.69, 9.17) is 4.98 Å². The molecule has 0 amide bonds. The van der Waals surface area contributed by atoms with Crippen molar-refractivity contribution in [3.63, 3.8) is 0 Å². The maximum absolute atomic E-state index is 4.76. The summed E-state index contributed by atoms with van der Waals surface area (Å²) in [7, 11) is 0. The van der Waals surface area contributed by atoms with E-state index in [1.54, 1.807) is 25.3 Å². The van der Waals surface area contributed by atoms with Crippen LogP contribution in [0.25, 0.3) is 231 Å². The fourth-order valence-electron chi connectivity index (χ4n) is 23.0. The lowest BCUT2D eigenvalue weighted by Gasteiger charge is -2.23. The molecule has 0 spiro atoms. The van der Waals surface area contributed by atoms with E-state index < -0.39 is 0 Å². The average Bonchev–Trinajstić information content (AvgIpc) is 1.55. The van der Waals surface area contributed by atoms with Crippen molar-refractivity contribution in [2.75, 3.05) is 0 Å². The Morgan fingerprint density at radius 2 is 0.459 bits per heavy atom. The second kappa shape index (κ2) is 31.7. The molecule has 0 bridgehead atoms. The summed E-state index contributed by atoms with van der Waals surface area (Å²) >= 11 is 0. The number of fused-ring (bicyclic) bond motifs is 18. The smallest absolute Gasteiger partial charge is 0.163 e. The van der Waals surface area contributed by atoms with Gasteiger partial charge in [-0.05, 0) is 273 Å². The van der Waals surface area contributed by atoms with Crippen LogP contribution in [0.3, 0.4) is 0 Å². The van der Waals surface area contributed by atoms with Gasteiger partial charge in [0.05, 0.1) is 5.69 Å². The van der Waals surface area contributed by atoms with Crippen LogP contribution in [-0.4, -0.2) is 34.9 Å². The quantitative estimate of drug-likeness (QED) is 0.133. The first-order chi connectivity index (χ1) is 66.3. The highest BCUT2D eigenvalue weighted by Gasteiger charge is 2.41. The molecule has 7 nitrogen and oxygen atoms in total. The molecule has 24 aromatic rings. The lowest BCUT2D eigenvalue weighted by Crippen LogP contribution is -2.14. The lowest BCUT2D eigenvalue weighted by atomic mass is 9.80. The maximum atomic E-state index is 4.76. The molecule has 0 unspecified atom stereocenters. The molecule has 0 aliphatic heterocycles. The minimum Gasteiger partial charge on any atom is -0.245 e. The summed E-state index contributed by atoms with van der Waals surface area (Å²) in [5.74, 6) is 0.681. The van der Waals surface area contributed by atoms with Crippen LogP contribution >= 0.6 is 0 Å². The summed E-state index contributed by atoms with van der Waals surface area (Å²) < 4.78 is 0. The van der Waals surface area contributed by atoms with E-state index in [1.807, 2.05) is 24.7 Å². The predicted octanol–water partition coefficient (Wildman–Crippen LogP) is 33.1. The van der Waals surface area contributed by atoms with E-state index in [-0.39, 0.29) is 16.2 Å². The first-order valence-corrected chi connectivity index (χ1v) is 46.6. The zero-order chi connectivity index (χ0) is 90.4. The summed E-state index contributed by atoms with van der Waals surface area (Å²) in [6.45, 7) is 14.1.